The number of likely N-dealkylation sites (N-methyl/N-ethyl adjacent to an activating group) is 1. The zero-order valence-electron chi connectivity index (χ0n) is 13.0. The zero-order valence-corrected chi connectivity index (χ0v) is 13.9. The monoisotopic (exact) mass is 328 g/mol. The van der Waals surface area contributed by atoms with E-state index < -0.39 is 0 Å². The van der Waals surface area contributed by atoms with Crippen molar-refractivity contribution in [1.82, 2.24) is 20.1 Å². The first-order valence-corrected chi connectivity index (χ1v) is 8.65. The number of H-pyrrole nitrogens is 1. The molecule has 1 aliphatic rings. The number of nitrogens with two attached hydrogens (primary N) is 1. The molecule has 0 amide bonds. The number of nitrogen functional groups attached to an aromatic ring is 1. The minimum absolute atomic E-state index is 0.455. The largest absolute Gasteiger partial charge is 0.384 e. The van der Waals surface area contributed by atoms with E-state index in [9.17, 15) is 0 Å². The first-order chi connectivity index (χ1) is 11.2. The normalized spacial score (nSPS) is 19.3. The molecule has 4 N–H and O–H groups in total. The molecular formula is C16H20N6S. The van der Waals surface area contributed by atoms with E-state index in [1.165, 1.54) is 19.4 Å². The molecule has 3 aromatic heterocycles. The standard InChI is InChI=1S/C16H20N6S/c1-22-6-2-3-10(9-22)19-13-8-15(17)20-12-7-14(23-16(12)13)11-4-5-18-21-11/h4-5,7-8,10H,2-3,6,9H2,1H3,(H,18,21)(H3,17,19,20)/t10-/m1/s1. The Balaban J connectivity index is 1.70. The average molecular weight is 328 g/mol. The lowest BCUT2D eigenvalue weighted by Gasteiger charge is -2.31. The van der Waals surface area contributed by atoms with Crippen molar-refractivity contribution in [1.29, 1.82) is 0 Å². The van der Waals surface area contributed by atoms with Crippen LogP contribution in [0.15, 0.2) is 24.4 Å². The van der Waals surface area contributed by atoms with Crippen LogP contribution >= 0.6 is 11.3 Å². The SMILES string of the molecule is CN1CCC[C@@H](Nc2cc(N)nc3cc(-c4ccn[nH]4)sc23)C1. The van der Waals surface area contributed by atoms with Gasteiger partial charge in [-0.2, -0.15) is 5.10 Å². The summed E-state index contributed by atoms with van der Waals surface area (Å²) in [4.78, 5) is 7.97. The van der Waals surface area contributed by atoms with Crippen LogP contribution in [0.5, 0.6) is 0 Å². The number of hydrogen-bond acceptors (Lipinski definition) is 6. The number of anilines is 2. The van der Waals surface area contributed by atoms with Crippen LogP contribution in [0.25, 0.3) is 20.8 Å². The van der Waals surface area contributed by atoms with Crippen molar-refractivity contribution in [3.63, 3.8) is 0 Å². The predicted molar refractivity (Wildman–Crippen MR) is 95.8 cm³/mol. The van der Waals surface area contributed by atoms with Gasteiger partial charge in [0, 0.05) is 24.8 Å². The van der Waals surface area contributed by atoms with E-state index in [0.29, 0.717) is 11.9 Å². The molecule has 3 aromatic rings. The van der Waals surface area contributed by atoms with Crippen LogP contribution in [0.3, 0.4) is 0 Å². The third-order valence-corrected chi connectivity index (χ3v) is 5.44. The van der Waals surface area contributed by atoms with Gasteiger partial charge in [-0.3, -0.25) is 5.10 Å². The van der Waals surface area contributed by atoms with E-state index in [1.807, 2.05) is 12.1 Å². The van der Waals surface area contributed by atoms with Gasteiger partial charge in [-0.1, -0.05) is 0 Å². The Hall–Kier alpha value is -2.12. The second-order valence-electron chi connectivity index (χ2n) is 6.14. The van der Waals surface area contributed by atoms with Crippen molar-refractivity contribution in [2.75, 3.05) is 31.2 Å². The van der Waals surface area contributed by atoms with Gasteiger partial charge in [0.15, 0.2) is 0 Å². The molecule has 0 aromatic carbocycles. The smallest absolute Gasteiger partial charge is 0.126 e. The van der Waals surface area contributed by atoms with E-state index in [-0.39, 0.29) is 0 Å². The van der Waals surface area contributed by atoms with Crippen LogP contribution in [0.4, 0.5) is 11.5 Å². The van der Waals surface area contributed by atoms with Crippen molar-refractivity contribution in [2.24, 2.45) is 0 Å². The lowest BCUT2D eigenvalue weighted by Crippen LogP contribution is -2.39. The Morgan fingerprint density at radius 2 is 2.35 bits per heavy atom. The van der Waals surface area contributed by atoms with E-state index in [2.05, 4.69) is 38.5 Å². The lowest BCUT2D eigenvalue weighted by atomic mass is 10.1. The van der Waals surface area contributed by atoms with Gasteiger partial charge in [-0.15, -0.1) is 11.3 Å². The number of nitrogens with one attached hydrogen (secondary N) is 2. The maximum absolute atomic E-state index is 6.01. The number of piperidine rings is 1. The van der Waals surface area contributed by atoms with Crippen molar-refractivity contribution in [3.8, 4) is 10.6 Å². The number of nitrogens with zero attached hydrogens (tertiary/aromatic N) is 3. The highest BCUT2D eigenvalue weighted by molar-refractivity contribution is 7.22. The van der Waals surface area contributed by atoms with Crippen molar-refractivity contribution >= 4 is 33.1 Å². The van der Waals surface area contributed by atoms with Gasteiger partial charge in [0.1, 0.15) is 5.82 Å². The molecule has 23 heavy (non-hydrogen) atoms. The van der Waals surface area contributed by atoms with E-state index >= 15 is 0 Å². The van der Waals surface area contributed by atoms with Crippen LogP contribution in [-0.4, -0.2) is 46.3 Å². The number of fused-ring (bicyclic) bond motifs is 1. The highest BCUT2D eigenvalue weighted by atomic mass is 32.1. The summed E-state index contributed by atoms with van der Waals surface area (Å²) in [5.41, 5.74) is 9.04. The van der Waals surface area contributed by atoms with Crippen LogP contribution < -0.4 is 11.1 Å². The summed E-state index contributed by atoms with van der Waals surface area (Å²) in [5, 5.41) is 10.7. The van der Waals surface area contributed by atoms with Gasteiger partial charge < -0.3 is 16.0 Å². The fraction of sp³-hybridized carbons (Fsp3) is 0.375. The van der Waals surface area contributed by atoms with Crippen LogP contribution in [-0.2, 0) is 0 Å². The van der Waals surface area contributed by atoms with Gasteiger partial charge in [-0.25, -0.2) is 4.98 Å². The molecule has 0 bridgehead atoms. The summed E-state index contributed by atoms with van der Waals surface area (Å²) in [6, 6.07) is 6.44. The Morgan fingerprint density at radius 1 is 1.43 bits per heavy atom. The van der Waals surface area contributed by atoms with E-state index in [4.69, 9.17) is 5.73 Å². The summed E-state index contributed by atoms with van der Waals surface area (Å²) >= 11 is 1.71. The van der Waals surface area contributed by atoms with Crippen molar-refractivity contribution in [3.05, 3.63) is 24.4 Å². The fourth-order valence-electron chi connectivity index (χ4n) is 3.18. The van der Waals surface area contributed by atoms with Gasteiger partial charge in [-0.05, 0) is 38.6 Å². The maximum atomic E-state index is 6.01. The molecule has 7 heteroatoms. The molecule has 0 unspecified atom stereocenters. The number of rotatable bonds is 3. The predicted octanol–water partition coefficient (Wildman–Crippen LogP) is 2.77. The average Bonchev–Trinajstić information content (AvgIpc) is 3.15. The Morgan fingerprint density at radius 3 is 3.13 bits per heavy atom. The fourth-order valence-corrected chi connectivity index (χ4v) is 4.23. The van der Waals surface area contributed by atoms with E-state index in [0.717, 1.165) is 33.0 Å². The molecule has 1 fully saturated rings. The van der Waals surface area contributed by atoms with Crippen LogP contribution in [0.2, 0.25) is 0 Å². The molecule has 0 spiro atoms. The van der Waals surface area contributed by atoms with Gasteiger partial charge in [0.25, 0.3) is 0 Å². The number of likely N-dealkylation sites (tertiary alicyclic amines) is 1. The Bertz CT molecular complexity index is 809. The number of aromatic amines is 1. The quantitative estimate of drug-likeness (QED) is 0.688. The molecule has 1 aliphatic heterocycles. The van der Waals surface area contributed by atoms with E-state index in [1.54, 1.807) is 17.5 Å². The first-order valence-electron chi connectivity index (χ1n) is 7.84. The first kappa shape index (κ1) is 14.5. The molecule has 4 heterocycles. The topological polar surface area (TPSA) is 82.9 Å². The molecule has 6 nitrogen and oxygen atoms in total. The van der Waals surface area contributed by atoms with Crippen molar-refractivity contribution in [2.45, 2.75) is 18.9 Å². The maximum Gasteiger partial charge on any atom is 0.126 e. The van der Waals surface area contributed by atoms with Crippen LogP contribution in [0.1, 0.15) is 12.8 Å². The number of aromatic nitrogens is 3. The third-order valence-electron chi connectivity index (χ3n) is 4.25. The highest BCUT2D eigenvalue weighted by Crippen LogP contribution is 2.37. The molecule has 4 rings (SSSR count). The van der Waals surface area contributed by atoms with Gasteiger partial charge >= 0.3 is 0 Å². The zero-order chi connectivity index (χ0) is 15.8. The molecule has 1 atom stereocenters. The summed E-state index contributed by atoms with van der Waals surface area (Å²) in [5.74, 6) is 0.554. The van der Waals surface area contributed by atoms with Gasteiger partial charge in [0.2, 0.25) is 0 Å². The molecular weight excluding hydrogens is 308 g/mol. The molecule has 0 radical (unpaired) electrons. The number of thiophene rings is 1. The Labute approximate surface area is 138 Å². The van der Waals surface area contributed by atoms with Gasteiger partial charge in [0.05, 0.1) is 26.5 Å². The third kappa shape index (κ3) is 2.89. The Kier molecular flexibility index (Phi) is 3.66. The minimum atomic E-state index is 0.455. The molecule has 0 aliphatic carbocycles. The number of hydrogen-bond donors (Lipinski definition) is 3. The molecule has 0 saturated carbocycles. The van der Waals surface area contributed by atoms with Crippen molar-refractivity contribution < 1.29 is 0 Å². The summed E-state index contributed by atoms with van der Waals surface area (Å²) in [6.45, 7) is 2.23. The summed E-state index contributed by atoms with van der Waals surface area (Å²) in [6.07, 6.45) is 4.17. The number of pyridine rings is 1. The molecule has 120 valence electrons. The second-order valence-corrected chi connectivity index (χ2v) is 7.19. The van der Waals surface area contributed by atoms with Crippen LogP contribution in [0, 0.1) is 0 Å². The second kappa shape index (κ2) is 5.82. The summed E-state index contributed by atoms with van der Waals surface area (Å²) < 4.78 is 1.15. The minimum Gasteiger partial charge on any atom is -0.384 e. The highest BCUT2D eigenvalue weighted by Gasteiger charge is 2.19. The molecule has 1 saturated heterocycles. The lowest BCUT2D eigenvalue weighted by molar-refractivity contribution is 0.261. The summed E-state index contributed by atoms with van der Waals surface area (Å²) in [7, 11) is 2.17.